The van der Waals surface area contributed by atoms with Crippen molar-refractivity contribution in [2.24, 2.45) is 0 Å². The van der Waals surface area contributed by atoms with E-state index in [4.69, 9.17) is 10.5 Å². The van der Waals surface area contributed by atoms with Gasteiger partial charge in [0.2, 0.25) is 10.0 Å². The minimum atomic E-state index is -3.61. The van der Waals surface area contributed by atoms with Crippen LogP contribution in [0.1, 0.15) is 0 Å². The Morgan fingerprint density at radius 1 is 1.19 bits per heavy atom. The molecule has 1 aromatic heterocycles. The van der Waals surface area contributed by atoms with E-state index in [9.17, 15) is 12.8 Å². The predicted octanol–water partition coefficient (Wildman–Crippen LogP) is 1.62. The van der Waals surface area contributed by atoms with Crippen molar-refractivity contribution in [3.8, 4) is 5.75 Å². The lowest BCUT2D eigenvalue weighted by Crippen LogP contribution is -2.21. The molecular weight excluding hydrogens is 297 g/mol. The second kappa shape index (κ2) is 6.40. The number of benzene rings is 1. The van der Waals surface area contributed by atoms with Gasteiger partial charge in [0.05, 0.1) is 6.20 Å². The summed E-state index contributed by atoms with van der Waals surface area (Å²) in [6.45, 7) is -0.0273. The van der Waals surface area contributed by atoms with Gasteiger partial charge in [-0.05, 0) is 36.4 Å². The highest BCUT2D eigenvalue weighted by molar-refractivity contribution is 7.92. The number of nitrogens with zero attached hydrogens (tertiary/aromatic N) is 1. The molecule has 0 unspecified atom stereocenters. The number of sulfonamides is 1. The van der Waals surface area contributed by atoms with Gasteiger partial charge in [-0.15, -0.1) is 0 Å². The Morgan fingerprint density at radius 2 is 1.90 bits per heavy atom. The molecule has 0 saturated carbocycles. The Kier molecular flexibility index (Phi) is 4.59. The van der Waals surface area contributed by atoms with E-state index in [-0.39, 0.29) is 18.2 Å². The third kappa shape index (κ3) is 4.92. The molecule has 3 N–H and O–H groups in total. The molecule has 0 bridgehead atoms. The molecule has 112 valence electrons. The van der Waals surface area contributed by atoms with E-state index in [0.717, 1.165) is 12.3 Å². The number of nitrogens with one attached hydrogen (secondary N) is 1. The number of hydrogen-bond acceptors (Lipinski definition) is 5. The molecule has 6 nitrogen and oxygen atoms in total. The Bertz CT molecular complexity index is 688. The predicted molar refractivity (Wildman–Crippen MR) is 78.0 cm³/mol. The summed E-state index contributed by atoms with van der Waals surface area (Å²) in [5, 5.41) is 0. The maximum absolute atomic E-state index is 12.7. The van der Waals surface area contributed by atoms with Crippen LogP contribution < -0.4 is 15.2 Å². The van der Waals surface area contributed by atoms with E-state index in [0.29, 0.717) is 11.4 Å². The van der Waals surface area contributed by atoms with Gasteiger partial charge in [-0.1, -0.05) is 0 Å². The van der Waals surface area contributed by atoms with Crippen LogP contribution in [0, 0.1) is 5.82 Å². The van der Waals surface area contributed by atoms with E-state index in [1.807, 2.05) is 0 Å². The normalized spacial score (nSPS) is 11.1. The lowest BCUT2D eigenvalue weighted by molar-refractivity contribution is 0.341. The fraction of sp³-hybridized carbons (Fsp3) is 0.154. The topological polar surface area (TPSA) is 94.3 Å². The number of nitrogen functional groups attached to an aromatic ring is 1. The van der Waals surface area contributed by atoms with Crippen LogP contribution >= 0.6 is 0 Å². The highest BCUT2D eigenvalue weighted by atomic mass is 32.2. The van der Waals surface area contributed by atoms with Gasteiger partial charge < -0.3 is 10.5 Å². The van der Waals surface area contributed by atoms with Gasteiger partial charge >= 0.3 is 0 Å². The molecule has 0 aliphatic carbocycles. The number of aromatic nitrogens is 1. The number of ether oxygens (including phenoxy) is 1. The summed E-state index contributed by atoms with van der Waals surface area (Å²) in [6, 6.07) is 8.98. The molecule has 0 fully saturated rings. The quantitative estimate of drug-likeness (QED) is 0.791. The third-order valence-corrected chi connectivity index (χ3v) is 3.71. The smallest absolute Gasteiger partial charge is 0.237 e. The molecule has 0 atom stereocenters. The van der Waals surface area contributed by atoms with Gasteiger partial charge in [0.1, 0.15) is 29.7 Å². The van der Waals surface area contributed by atoms with Crippen LogP contribution in [0.4, 0.5) is 15.9 Å². The first-order chi connectivity index (χ1) is 9.94. The van der Waals surface area contributed by atoms with Crippen LogP contribution in [-0.2, 0) is 10.0 Å². The number of pyridine rings is 1. The molecule has 21 heavy (non-hydrogen) atoms. The standard InChI is InChI=1S/C13H14FN3O3S/c14-10-1-6-13(16-9-10)17-21(18,19)8-7-20-12-4-2-11(15)3-5-12/h1-6,9H,7-8,15H2,(H,16,17). The average Bonchev–Trinajstić information content (AvgIpc) is 2.43. The molecule has 0 radical (unpaired) electrons. The van der Waals surface area contributed by atoms with E-state index < -0.39 is 15.8 Å². The molecule has 0 amide bonds. The van der Waals surface area contributed by atoms with Crippen LogP contribution in [0.3, 0.4) is 0 Å². The number of hydrogen-bond donors (Lipinski definition) is 2. The molecule has 0 aliphatic heterocycles. The Hall–Kier alpha value is -2.35. The molecule has 2 rings (SSSR count). The van der Waals surface area contributed by atoms with Gasteiger partial charge in [-0.2, -0.15) is 0 Å². The van der Waals surface area contributed by atoms with Gasteiger partial charge in [0.25, 0.3) is 0 Å². The van der Waals surface area contributed by atoms with E-state index in [2.05, 4.69) is 9.71 Å². The fourth-order valence-electron chi connectivity index (χ4n) is 1.48. The summed E-state index contributed by atoms with van der Waals surface area (Å²) >= 11 is 0. The molecular formula is C13H14FN3O3S. The van der Waals surface area contributed by atoms with Crippen LogP contribution in [0.5, 0.6) is 5.75 Å². The molecule has 8 heteroatoms. The van der Waals surface area contributed by atoms with Crippen LogP contribution in [0.15, 0.2) is 42.6 Å². The number of rotatable bonds is 6. The van der Waals surface area contributed by atoms with E-state index in [1.54, 1.807) is 24.3 Å². The second-order valence-corrected chi connectivity index (χ2v) is 6.04. The van der Waals surface area contributed by atoms with E-state index in [1.165, 1.54) is 6.07 Å². The lowest BCUT2D eigenvalue weighted by Gasteiger charge is -2.09. The molecule has 2 aromatic rings. The van der Waals surface area contributed by atoms with Crippen LogP contribution in [0.25, 0.3) is 0 Å². The van der Waals surface area contributed by atoms with Crippen LogP contribution in [0.2, 0.25) is 0 Å². The summed E-state index contributed by atoms with van der Waals surface area (Å²) in [7, 11) is -3.61. The van der Waals surface area contributed by atoms with Crippen LogP contribution in [-0.4, -0.2) is 25.8 Å². The number of anilines is 2. The molecule has 0 spiro atoms. The first kappa shape index (κ1) is 15.0. The number of nitrogens with two attached hydrogens (primary N) is 1. The summed E-state index contributed by atoms with van der Waals surface area (Å²) < 4.78 is 43.8. The zero-order valence-electron chi connectivity index (χ0n) is 11.0. The van der Waals surface area contributed by atoms with E-state index >= 15 is 0 Å². The molecule has 0 saturated heterocycles. The first-order valence-electron chi connectivity index (χ1n) is 6.05. The highest BCUT2D eigenvalue weighted by Crippen LogP contribution is 2.13. The van der Waals surface area contributed by atoms with Crippen molar-refractivity contribution in [3.63, 3.8) is 0 Å². The van der Waals surface area contributed by atoms with Crippen molar-refractivity contribution >= 4 is 21.5 Å². The van der Waals surface area contributed by atoms with Gasteiger partial charge in [0, 0.05) is 5.69 Å². The summed E-state index contributed by atoms with van der Waals surface area (Å²) in [5.41, 5.74) is 6.12. The Morgan fingerprint density at radius 3 is 2.52 bits per heavy atom. The maximum Gasteiger partial charge on any atom is 0.237 e. The lowest BCUT2D eigenvalue weighted by atomic mass is 10.3. The van der Waals surface area contributed by atoms with Gasteiger partial charge in [-0.3, -0.25) is 4.72 Å². The van der Waals surface area contributed by atoms with Crippen molar-refractivity contribution in [1.82, 2.24) is 4.98 Å². The monoisotopic (exact) mass is 311 g/mol. The Labute approximate surface area is 121 Å². The van der Waals surface area contributed by atoms with Gasteiger partial charge in [0.15, 0.2) is 0 Å². The van der Waals surface area contributed by atoms with Crippen molar-refractivity contribution in [2.75, 3.05) is 22.8 Å². The maximum atomic E-state index is 12.7. The zero-order chi connectivity index (χ0) is 15.3. The SMILES string of the molecule is Nc1ccc(OCCS(=O)(=O)Nc2ccc(F)cn2)cc1. The van der Waals surface area contributed by atoms with Crippen molar-refractivity contribution < 1.29 is 17.5 Å². The average molecular weight is 311 g/mol. The van der Waals surface area contributed by atoms with Gasteiger partial charge in [-0.25, -0.2) is 17.8 Å². The minimum absolute atomic E-state index is 0.0273. The minimum Gasteiger partial charge on any atom is -0.492 e. The van der Waals surface area contributed by atoms with Crippen molar-refractivity contribution in [3.05, 3.63) is 48.4 Å². The molecule has 0 aliphatic rings. The fourth-order valence-corrected chi connectivity index (χ4v) is 2.32. The number of halogens is 1. The first-order valence-corrected chi connectivity index (χ1v) is 7.70. The highest BCUT2D eigenvalue weighted by Gasteiger charge is 2.11. The zero-order valence-corrected chi connectivity index (χ0v) is 11.8. The molecule has 1 heterocycles. The summed E-state index contributed by atoms with van der Waals surface area (Å²) in [4.78, 5) is 3.62. The third-order valence-electron chi connectivity index (χ3n) is 2.49. The molecule has 1 aromatic carbocycles. The van der Waals surface area contributed by atoms with Crippen molar-refractivity contribution in [2.45, 2.75) is 0 Å². The largest absolute Gasteiger partial charge is 0.492 e. The summed E-state index contributed by atoms with van der Waals surface area (Å²) in [6.07, 6.45) is 0.933. The summed E-state index contributed by atoms with van der Waals surface area (Å²) in [5.74, 6) is -0.205. The Balaban J connectivity index is 1.86. The van der Waals surface area contributed by atoms with Crippen molar-refractivity contribution in [1.29, 1.82) is 0 Å². The second-order valence-electron chi connectivity index (χ2n) is 4.20.